The van der Waals surface area contributed by atoms with Crippen molar-refractivity contribution in [2.75, 3.05) is 19.6 Å². The zero-order valence-corrected chi connectivity index (χ0v) is 17.6. The van der Waals surface area contributed by atoms with Gasteiger partial charge in [-0.05, 0) is 26.0 Å². The van der Waals surface area contributed by atoms with Crippen LogP contribution in [0.5, 0.6) is 5.75 Å². The van der Waals surface area contributed by atoms with Gasteiger partial charge in [-0.15, -0.1) is 0 Å². The molecule has 0 aliphatic carbocycles. The van der Waals surface area contributed by atoms with E-state index in [0.717, 1.165) is 4.57 Å². The molecule has 0 saturated carbocycles. The summed E-state index contributed by atoms with van der Waals surface area (Å²) >= 11 is 0. The van der Waals surface area contributed by atoms with E-state index in [1.165, 1.54) is 31.6 Å². The minimum Gasteiger partial charge on any atom is -0.486 e. The van der Waals surface area contributed by atoms with Crippen molar-refractivity contribution < 1.29 is 27.4 Å². The van der Waals surface area contributed by atoms with Crippen molar-refractivity contribution in [1.82, 2.24) is 20.2 Å². The minimum absolute atomic E-state index is 0.0912. The van der Waals surface area contributed by atoms with E-state index in [4.69, 9.17) is 4.74 Å². The molecule has 2 unspecified atom stereocenters. The van der Waals surface area contributed by atoms with Crippen LogP contribution in [-0.2, 0) is 12.6 Å². The van der Waals surface area contributed by atoms with Crippen LogP contribution >= 0.6 is 0 Å². The number of benzene rings is 1. The number of nitrogens with one attached hydrogen (secondary N) is 2. The first-order valence-electron chi connectivity index (χ1n) is 9.78. The Labute approximate surface area is 178 Å². The molecule has 2 aromatic rings. The predicted molar refractivity (Wildman–Crippen MR) is 108 cm³/mol. The topological polar surface area (TPSA) is 83.7 Å². The molecule has 0 aliphatic heterocycles. The minimum atomic E-state index is -4.91. The number of nitrogens with zero attached hydrogens (tertiary/aromatic N) is 3. The Kier molecular flexibility index (Phi) is 8.26. The van der Waals surface area contributed by atoms with Crippen LogP contribution in [0.25, 0.3) is 0 Å². The highest BCUT2D eigenvalue weighted by Crippen LogP contribution is 2.40. The summed E-state index contributed by atoms with van der Waals surface area (Å²) in [5.74, 6) is -0.649. The Morgan fingerprint density at radius 3 is 2.58 bits per heavy atom. The average Bonchev–Trinajstić information content (AvgIpc) is 3.13. The summed E-state index contributed by atoms with van der Waals surface area (Å²) in [6.45, 7) is 3.88. The number of alkyl halides is 3. The fourth-order valence-corrected chi connectivity index (χ4v) is 2.86. The van der Waals surface area contributed by atoms with Gasteiger partial charge in [-0.3, -0.25) is 0 Å². The molecule has 2 rings (SSSR count). The van der Waals surface area contributed by atoms with Gasteiger partial charge >= 0.3 is 6.18 Å². The third kappa shape index (κ3) is 6.33. The second-order valence-corrected chi connectivity index (χ2v) is 6.98. The number of ether oxygens (including phenoxy) is 1. The first-order valence-corrected chi connectivity index (χ1v) is 9.78. The molecule has 0 bridgehead atoms. The SMILES string of the molecule is CCNC(=NCC(C)Oc1ccccc1F)NCCC(O)(c1nccn1C)C(F)(F)F. The normalized spacial score (nSPS) is 15.3. The smallest absolute Gasteiger partial charge is 0.424 e. The van der Waals surface area contributed by atoms with Crippen LogP contribution in [0.3, 0.4) is 0 Å². The van der Waals surface area contributed by atoms with Gasteiger partial charge in [0.05, 0.1) is 6.54 Å². The molecule has 0 aliphatic rings. The van der Waals surface area contributed by atoms with Gasteiger partial charge in [0.1, 0.15) is 11.9 Å². The molecule has 1 aromatic heterocycles. The van der Waals surface area contributed by atoms with Crippen LogP contribution in [-0.4, -0.2) is 52.5 Å². The average molecular weight is 445 g/mol. The number of imidazole rings is 1. The molecular weight excluding hydrogens is 418 g/mol. The number of halogens is 4. The maximum absolute atomic E-state index is 13.7. The predicted octanol–water partition coefficient (Wildman–Crippen LogP) is 2.72. The highest BCUT2D eigenvalue weighted by molar-refractivity contribution is 5.79. The maximum Gasteiger partial charge on any atom is 0.424 e. The molecular formula is C20H27F4N5O2. The third-order valence-electron chi connectivity index (χ3n) is 4.45. The Morgan fingerprint density at radius 1 is 1.29 bits per heavy atom. The molecule has 2 atom stereocenters. The molecule has 1 heterocycles. The zero-order valence-electron chi connectivity index (χ0n) is 17.6. The lowest BCUT2D eigenvalue weighted by Gasteiger charge is -2.30. The van der Waals surface area contributed by atoms with Crippen LogP contribution in [0.1, 0.15) is 26.1 Å². The summed E-state index contributed by atoms with van der Waals surface area (Å²) in [4.78, 5) is 7.93. The van der Waals surface area contributed by atoms with E-state index in [2.05, 4.69) is 20.6 Å². The summed E-state index contributed by atoms with van der Waals surface area (Å²) in [6.07, 6.45) is -3.53. The summed E-state index contributed by atoms with van der Waals surface area (Å²) in [7, 11) is 1.38. The van der Waals surface area contributed by atoms with E-state index in [1.807, 2.05) is 0 Å². The van der Waals surface area contributed by atoms with Gasteiger partial charge in [-0.25, -0.2) is 14.4 Å². The molecule has 0 fully saturated rings. The third-order valence-corrected chi connectivity index (χ3v) is 4.45. The van der Waals surface area contributed by atoms with E-state index < -0.39 is 35.9 Å². The zero-order chi connectivity index (χ0) is 23.1. The number of hydrogen-bond donors (Lipinski definition) is 3. The second kappa shape index (κ2) is 10.5. The van der Waals surface area contributed by atoms with Gasteiger partial charge < -0.3 is 25.0 Å². The van der Waals surface area contributed by atoms with Crippen LogP contribution in [0, 0.1) is 5.82 Å². The maximum atomic E-state index is 13.7. The van der Waals surface area contributed by atoms with Crippen molar-refractivity contribution in [3.8, 4) is 5.75 Å². The lowest BCUT2D eigenvalue weighted by molar-refractivity contribution is -0.272. The molecule has 0 saturated heterocycles. The summed E-state index contributed by atoms with van der Waals surface area (Å²) < 4.78 is 61.1. The molecule has 0 spiro atoms. The number of aromatic nitrogens is 2. The standard InChI is InChI=1S/C20H27F4N5O2/c1-4-25-18(28-13-14(2)31-16-8-6-5-7-15(16)21)27-10-9-19(30,20(22,23)24)17-26-11-12-29(17)3/h5-8,11-12,14,30H,4,9-10,13H2,1-3H3,(H2,25,27,28). The van der Waals surface area contributed by atoms with Crippen LogP contribution in [0.15, 0.2) is 41.7 Å². The second-order valence-electron chi connectivity index (χ2n) is 6.98. The summed E-state index contributed by atoms with van der Waals surface area (Å²) in [6, 6.07) is 5.96. The van der Waals surface area contributed by atoms with Gasteiger partial charge in [-0.2, -0.15) is 13.2 Å². The monoisotopic (exact) mass is 445 g/mol. The number of aliphatic hydroxyl groups is 1. The molecule has 3 N–H and O–H groups in total. The van der Waals surface area contributed by atoms with E-state index in [0.29, 0.717) is 6.54 Å². The number of aliphatic imine (C=N–C) groups is 1. The number of para-hydroxylation sites is 1. The van der Waals surface area contributed by atoms with Crippen molar-refractivity contribution in [2.45, 2.75) is 38.1 Å². The lowest BCUT2D eigenvalue weighted by atomic mass is 9.97. The van der Waals surface area contributed by atoms with Gasteiger partial charge in [-0.1, -0.05) is 12.1 Å². The van der Waals surface area contributed by atoms with Crippen molar-refractivity contribution in [3.63, 3.8) is 0 Å². The number of guanidine groups is 1. The summed E-state index contributed by atoms with van der Waals surface area (Å²) in [5.41, 5.74) is -3.11. The fourth-order valence-electron chi connectivity index (χ4n) is 2.86. The van der Waals surface area contributed by atoms with Gasteiger partial charge in [0.15, 0.2) is 17.5 Å². The largest absolute Gasteiger partial charge is 0.486 e. The molecule has 0 radical (unpaired) electrons. The summed E-state index contributed by atoms with van der Waals surface area (Å²) in [5, 5.41) is 16.1. The van der Waals surface area contributed by atoms with Crippen molar-refractivity contribution in [2.24, 2.45) is 12.0 Å². The highest BCUT2D eigenvalue weighted by Gasteiger charge is 2.57. The fraction of sp³-hybridized carbons (Fsp3) is 0.500. The quantitative estimate of drug-likeness (QED) is 0.314. The van der Waals surface area contributed by atoms with Gasteiger partial charge in [0.25, 0.3) is 0 Å². The van der Waals surface area contributed by atoms with Crippen LogP contribution in [0.2, 0.25) is 0 Å². The first-order chi connectivity index (χ1) is 14.6. The Morgan fingerprint density at radius 2 is 2.00 bits per heavy atom. The number of hydrogen-bond acceptors (Lipinski definition) is 4. The van der Waals surface area contributed by atoms with Gasteiger partial charge in [0.2, 0.25) is 5.60 Å². The molecule has 31 heavy (non-hydrogen) atoms. The molecule has 7 nitrogen and oxygen atoms in total. The van der Waals surface area contributed by atoms with Crippen molar-refractivity contribution in [3.05, 3.63) is 48.3 Å². The highest BCUT2D eigenvalue weighted by atomic mass is 19.4. The van der Waals surface area contributed by atoms with Crippen molar-refractivity contribution in [1.29, 1.82) is 0 Å². The molecule has 11 heteroatoms. The van der Waals surface area contributed by atoms with Gasteiger partial charge in [0, 0.05) is 39.0 Å². The molecule has 1 aromatic carbocycles. The van der Waals surface area contributed by atoms with E-state index in [9.17, 15) is 22.7 Å². The van der Waals surface area contributed by atoms with Crippen molar-refractivity contribution >= 4 is 5.96 Å². The molecule has 172 valence electrons. The van der Waals surface area contributed by atoms with E-state index in [1.54, 1.807) is 26.0 Å². The molecule has 0 amide bonds. The Balaban J connectivity index is 2.00. The first kappa shape index (κ1) is 24.4. The van der Waals surface area contributed by atoms with E-state index >= 15 is 0 Å². The number of rotatable bonds is 9. The Hall–Kier alpha value is -2.82. The van der Waals surface area contributed by atoms with Crippen LogP contribution in [0.4, 0.5) is 17.6 Å². The van der Waals surface area contributed by atoms with E-state index in [-0.39, 0.29) is 24.8 Å². The van der Waals surface area contributed by atoms with Crippen LogP contribution < -0.4 is 15.4 Å². The number of aryl methyl sites for hydroxylation is 1. The lowest BCUT2D eigenvalue weighted by Crippen LogP contribution is -2.48. The Bertz CT molecular complexity index is 871.